The van der Waals surface area contributed by atoms with Crippen molar-refractivity contribution in [1.82, 2.24) is 4.72 Å². The fraction of sp³-hybridized carbons (Fsp3) is 0.200. The SMILES string of the molecule is CC(=O)NS(=O)(=O)c1ccc(NC(=O)/C=C/c2ccc(C(C)C)cc2)cc1. The van der Waals surface area contributed by atoms with Crippen LogP contribution in [0.1, 0.15) is 37.8 Å². The minimum atomic E-state index is -3.89. The second-order valence-electron chi connectivity index (χ2n) is 6.33. The van der Waals surface area contributed by atoms with Crippen LogP contribution in [-0.2, 0) is 19.6 Å². The highest BCUT2D eigenvalue weighted by Crippen LogP contribution is 2.16. The number of hydrogen-bond donors (Lipinski definition) is 2. The van der Waals surface area contributed by atoms with E-state index in [1.54, 1.807) is 6.08 Å². The predicted molar refractivity (Wildman–Crippen MR) is 106 cm³/mol. The van der Waals surface area contributed by atoms with Crippen molar-refractivity contribution in [3.05, 3.63) is 65.7 Å². The lowest BCUT2D eigenvalue weighted by atomic mass is 10.0. The van der Waals surface area contributed by atoms with Gasteiger partial charge in [-0.2, -0.15) is 0 Å². The monoisotopic (exact) mass is 386 g/mol. The van der Waals surface area contributed by atoms with Gasteiger partial charge in [0.25, 0.3) is 10.0 Å². The highest BCUT2D eigenvalue weighted by atomic mass is 32.2. The molecule has 0 bridgehead atoms. The van der Waals surface area contributed by atoms with Crippen molar-refractivity contribution in [2.24, 2.45) is 0 Å². The van der Waals surface area contributed by atoms with Crippen LogP contribution in [0.5, 0.6) is 0 Å². The lowest BCUT2D eigenvalue weighted by Crippen LogP contribution is -2.28. The smallest absolute Gasteiger partial charge is 0.264 e. The number of nitrogens with one attached hydrogen (secondary N) is 2. The van der Waals surface area contributed by atoms with Gasteiger partial charge in [0.1, 0.15) is 0 Å². The van der Waals surface area contributed by atoms with Crippen LogP contribution in [0.15, 0.2) is 59.5 Å². The summed E-state index contributed by atoms with van der Waals surface area (Å²) in [5, 5.41) is 2.65. The summed E-state index contributed by atoms with van der Waals surface area (Å²) >= 11 is 0. The molecule has 0 aliphatic heterocycles. The topological polar surface area (TPSA) is 92.3 Å². The van der Waals surface area contributed by atoms with Gasteiger partial charge in [-0.05, 0) is 47.4 Å². The molecule has 2 aromatic rings. The van der Waals surface area contributed by atoms with E-state index in [0.717, 1.165) is 12.5 Å². The summed E-state index contributed by atoms with van der Waals surface area (Å²) in [5.41, 5.74) is 2.58. The van der Waals surface area contributed by atoms with Crippen molar-refractivity contribution in [3.63, 3.8) is 0 Å². The third-order valence-corrected chi connectivity index (χ3v) is 5.19. The van der Waals surface area contributed by atoms with Crippen molar-refractivity contribution in [1.29, 1.82) is 0 Å². The standard InChI is InChI=1S/C20H22N2O4S/c1-14(2)17-7-4-16(5-8-17)6-13-20(24)21-18-9-11-19(12-10-18)27(25,26)22-15(3)23/h4-14H,1-3H3,(H,21,24)(H,22,23)/b13-6+. The third-order valence-electron chi connectivity index (χ3n) is 3.74. The minimum Gasteiger partial charge on any atom is -0.323 e. The zero-order chi connectivity index (χ0) is 20.0. The number of rotatable bonds is 6. The third kappa shape index (κ3) is 6.07. The Hall–Kier alpha value is -2.93. The number of carbonyl (C=O) groups excluding carboxylic acids is 2. The average molecular weight is 386 g/mol. The van der Waals surface area contributed by atoms with Crippen molar-refractivity contribution in [2.75, 3.05) is 5.32 Å². The van der Waals surface area contributed by atoms with Gasteiger partial charge >= 0.3 is 0 Å². The Morgan fingerprint density at radius 2 is 1.56 bits per heavy atom. The van der Waals surface area contributed by atoms with Crippen molar-refractivity contribution in [2.45, 2.75) is 31.6 Å². The predicted octanol–water partition coefficient (Wildman–Crippen LogP) is 3.29. The van der Waals surface area contributed by atoms with E-state index in [9.17, 15) is 18.0 Å². The molecule has 6 nitrogen and oxygen atoms in total. The Morgan fingerprint density at radius 1 is 0.963 bits per heavy atom. The molecule has 0 aromatic heterocycles. The first-order chi connectivity index (χ1) is 12.7. The second-order valence-corrected chi connectivity index (χ2v) is 8.01. The first kappa shape index (κ1) is 20.4. The van der Waals surface area contributed by atoms with Gasteiger partial charge in [0.15, 0.2) is 0 Å². The summed E-state index contributed by atoms with van der Waals surface area (Å²) in [7, 11) is -3.89. The number of anilines is 1. The van der Waals surface area contributed by atoms with Crippen molar-refractivity contribution in [3.8, 4) is 0 Å². The molecule has 0 aliphatic rings. The molecule has 142 valence electrons. The second kappa shape index (κ2) is 8.64. The van der Waals surface area contributed by atoms with Gasteiger partial charge in [-0.15, -0.1) is 0 Å². The Kier molecular flexibility index (Phi) is 6.52. The molecule has 27 heavy (non-hydrogen) atoms. The van der Waals surface area contributed by atoms with Gasteiger partial charge in [0.2, 0.25) is 11.8 Å². The zero-order valence-corrected chi connectivity index (χ0v) is 16.2. The lowest BCUT2D eigenvalue weighted by Gasteiger charge is -2.06. The van der Waals surface area contributed by atoms with Crippen LogP contribution in [0.2, 0.25) is 0 Å². The van der Waals surface area contributed by atoms with Gasteiger partial charge in [0, 0.05) is 18.7 Å². The normalized spacial score (nSPS) is 11.6. The van der Waals surface area contributed by atoms with Gasteiger partial charge < -0.3 is 5.32 Å². The number of amides is 2. The van der Waals surface area contributed by atoms with Crippen molar-refractivity contribution >= 4 is 33.6 Å². The molecular weight excluding hydrogens is 364 g/mol. The maximum Gasteiger partial charge on any atom is 0.264 e. The Morgan fingerprint density at radius 3 is 2.07 bits per heavy atom. The molecular formula is C20H22N2O4S. The van der Waals surface area contributed by atoms with E-state index < -0.39 is 15.9 Å². The highest BCUT2D eigenvalue weighted by molar-refractivity contribution is 7.90. The first-order valence-corrected chi connectivity index (χ1v) is 9.88. The van der Waals surface area contributed by atoms with Gasteiger partial charge in [-0.3, -0.25) is 9.59 Å². The van der Waals surface area contributed by atoms with E-state index in [2.05, 4.69) is 19.2 Å². The van der Waals surface area contributed by atoms with Crippen LogP contribution in [0.25, 0.3) is 6.08 Å². The summed E-state index contributed by atoms with van der Waals surface area (Å²) in [4.78, 5) is 22.9. The van der Waals surface area contributed by atoms with Crippen LogP contribution in [0, 0.1) is 0 Å². The van der Waals surface area contributed by atoms with Crippen LogP contribution in [0.4, 0.5) is 5.69 Å². The fourth-order valence-electron chi connectivity index (χ4n) is 2.31. The van der Waals surface area contributed by atoms with Gasteiger partial charge in [-0.1, -0.05) is 38.1 Å². The van der Waals surface area contributed by atoms with E-state index in [1.807, 2.05) is 29.0 Å². The fourth-order valence-corrected chi connectivity index (χ4v) is 3.30. The molecule has 0 saturated carbocycles. The maximum absolute atomic E-state index is 12.0. The van der Waals surface area contributed by atoms with Gasteiger partial charge in [-0.25, -0.2) is 13.1 Å². The molecule has 0 saturated heterocycles. The molecule has 2 N–H and O–H groups in total. The lowest BCUT2D eigenvalue weighted by molar-refractivity contribution is -0.117. The van der Waals surface area contributed by atoms with Crippen LogP contribution in [-0.4, -0.2) is 20.2 Å². The number of benzene rings is 2. The maximum atomic E-state index is 12.0. The summed E-state index contributed by atoms with van der Waals surface area (Å²) in [6.07, 6.45) is 3.11. The molecule has 2 amide bonds. The first-order valence-electron chi connectivity index (χ1n) is 8.40. The molecule has 7 heteroatoms. The number of hydrogen-bond acceptors (Lipinski definition) is 4. The molecule has 0 spiro atoms. The quantitative estimate of drug-likeness (QED) is 0.745. The van der Waals surface area contributed by atoms with Gasteiger partial charge in [0.05, 0.1) is 4.90 Å². The molecule has 0 aliphatic carbocycles. The largest absolute Gasteiger partial charge is 0.323 e. The minimum absolute atomic E-state index is 0.0588. The molecule has 0 heterocycles. The number of sulfonamides is 1. The molecule has 0 fully saturated rings. The van der Waals surface area contributed by atoms with E-state index in [1.165, 1.54) is 35.9 Å². The van der Waals surface area contributed by atoms with Crippen LogP contribution < -0.4 is 10.0 Å². The van der Waals surface area contributed by atoms with E-state index in [4.69, 9.17) is 0 Å². The summed E-state index contributed by atoms with van der Waals surface area (Å²) < 4.78 is 25.6. The summed E-state index contributed by atoms with van der Waals surface area (Å²) in [5.74, 6) is -0.553. The van der Waals surface area contributed by atoms with E-state index in [-0.39, 0.29) is 10.8 Å². The molecule has 2 rings (SSSR count). The Balaban J connectivity index is 2.00. The molecule has 0 radical (unpaired) electrons. The Labute approximate surface area is 159 Å². The van der Waals surface area contributed by atoms with Crippen molar-refractivity contribution < 1.29 is 18.0 Å². The summed E-state index contributed by atoms with van der Waals surface area (Å²) in [6, 6.07) is 13.5. The molecule has 2 aromatic carbocycles. The van der Waals surface area contributed by atoms with E-state index >= 15 is 0 Å². The highest BCUT2D eigenvalue weighted by Gasteiger charge is 2.15. The zero-order valence-electron chi connectivity index (χ0n) is 15.4. The summed E-state index contributed by atoms with van der Waals surface area (Å²) in [6.45, 7) is 5.35. The Bertz CT molecular complexity index is 944. The molecule has 0 atom stereocenters. The van der Waals surface area contributed by atoms with Crippen LogP contribution in [0.3, 0.4) is 0 Å². The average Bonchev–Trinajstić information content (AvgIpc) is 2.59. The molecule has 0 unspecified atom stereocenters. The van der Waals surface area contributed by atoms with E-state index in [0.29, 0.717) is 11.6 Å². The number of carbonyl (C=O) groups is 2. The van der Waals surface area contributed by atoms with Crippen LogP contribution >= 0.6 is 0 Å².